The van der Waals surface area contributed by atoms with Gasteiger partial charge in [-0.1, -0.05) is 23.9 Å². The van der Waals surface area contributed by atoms with E-state index in [0.29, 0.717) is 18.4 Å². The van der Waals surface area contributed by atoms with Gasteiger partial charge in [-0.15, -0.1) is 0 Å². The average molecular weight is 319 g/mol. The number of morpholine rings is 1. The first-order chi connectivity index (χ1) is 10.8. The van der Waals surface area contributed by atoms with E-state index in [4.69, 9.17) is 4.74 Å². The SMILES string of the molecule is COC(=O)CSc1nc(N2CCOCC2)c2ccccc2n1. The molecule has 1 aromatic heterocycles. The molecule has 6 nitrogen and oxygen atoms in total. The van der Waals surface area contributed by atoms with Crippen LogP contribution in [0.2, 0.25) is 0 Å². The van der Waals surface area contributed by atoms with Crippen molar-refractivity contribution >= 4 is 34.5 Å². The third-order valence-corrected chi connectivity index (χ3v) is 4.24. The third kappa shape index (κ3) is 3.31. The van der Waals surface area contributed by atoms with E-state index in [2.05, 4.69) is 19.6 Å². The number of aromatic nitrogens is 2. The summed E-state index contributed by atoms with van der Waals surface area (Å²) in [5, 5.41) is 1.61. The molecule has 2 heterocycles. The van der Waals surface area contributed by atoms with Crippen LogP contribution in [0.5, 0.6) is 0 Å². The van der Waals surface area contributed by atoms with E-state index < -0.39 is 0 Å². The fourth-order valence-electron chi connectivity index (χ4n) is 2.30. The van der Waals surface area contributed by atoms with E-state index in [9.17, 15) is 4.79 Å². The molecule has 0 spiro atoms. The van der Waals surface area contributed by atoms with Crippen molar-refractivity contribution < 1.29 is 14.3 Å². The maximum atomic E-state index is 11.3. The van der Waals surface area contributed by atoms with Crippen molar-refractivity contribution in [2.75, 3.05) is 44.1 Å². The predicted octanol–water partition coefficient (Wildman–Crippen LogP) is 1.73. The van der Waals surface area contributed by atoms with Gasteiger partial charge < -0.3 is 14.4 Å². The second-order valence-corrected chi connectivity index (χ2v) is 5.75. The molecule has 1 aliphatic heterocycles. The average Bonchev–Trinajstić information content (AvgIpc) is 2.59. The zero-order chi connectivity index (χ0) is 15.4. The molecular formula is C15H17N3O3S. The molecule has 3 rings (SSSR count). The van der Waals surface area contributed by atoms with Crippen molar-refractivity contribution in [3.8, 4) is 0 Å². The molecule has 0 unspecified atom stereocenters. The van der Waals surface area contributed by atoms with E-state index in [1.54, 1.807) is 0 Å². The topological polar surface area (TPSA) is 64.5 Å². The Kier molecular flexibility index (Phi) is 4.74. The van der Waals surface area contributed by atoms with Gasteiger partial charge in [-0.25, -0.2) is 9.97 Å². The van der Waals surface area contributed by atoms with Gasteiger partial charge in [0.2, 0.25) is 0 Å². The number of hydrogen-bond acceptors (Lipinski definition) is 7. The number of esters is 1. The minimum absolute atomic E-state index is 0.206. The van der Waals surface area contributed by atoms with Crippen LogP contribution in [-0.4, -0.2) is 55.1 Å². The summed E-state index contributed by atoms with van der Waals surface area (Å²) >= 11 is 1.29. The number of nitrogens with zero attached hydrogens (tertiary/aromatic N) is 3. The quantitative estimate of drug-likeness (QED) is 0.483. The summed E-state index contributed by atoms with van der Waals surface area (Å²) in [6.07, 6.45) is 0. The molecule has 0 saturated carbocycles. The molecule has 0 amide bonds. The number of benzene rings is 1. The molecule has 0 bridgehead atoms. The van der Waals surface area contributed by atoms with Crippen LogP contribution in [0.15, 0.2) is 29.4 Å². The maximum Gasteiger partial charge on any atom is 0.316 e. The molecular weight excluding hydrogens is 302 g/mol. The summed E-state index contributed by atoms with van der Waals surface area (Å²) in [6, 6.07) is 7.92. The zero-order valence-electron chi connectivity index (χ0n) is 12.3. The Hall–Kier alpha value is -1.86. The molecule has 0 aliphatic carbocycles. The van der Waals surface area contributed by atoms with Crippen LogP contribution in [0, 0.1) is 0 Å². The maximum absolute atomic E-state index is 11.3. The van der Waals surface area contributed by atoms with Crippen LogP contribution >= 0.6 is 11.8 Å². The molecule has 0 radical (unpaired) electrons. The van der Waals surface area contributed by atoms with Crippen LogP contribution in [0.1, 0.15) is 0 Å². The first-order valence-corrected chi connectivity index (χ1v) is 8.05. The Morgan fingerprint density at radius 2 is 2.09 bits per heavy atom. The lowest BCUT2D eigenvalue weighted by atomic mass is 10.2. The summed E-state index contributed by atoms with van der Waals surface area (Å²) in [5.74, 6) is 0.827. The van der Waals surface area contributed by atoms with Crippen LogP contribution in [0.3, 0.4) is 0 Å². The fourth-order valence-corrected chi connectivity index (χ4v) is 2.98. The highest BCUT2D eigenvalue weighted by molar-refractivity contribution is 7.99. The molecule has 1 aliphatic rings. The van der Waals surface area contributed by atoms with Crippen molar-refractivity contribution in [1.82, 2.24) is 9.97 Å². The van der Waals surface area contributed by atoms with Gasteiger partial charge >= 0.3 is 5.97 Å². The molecule has 1 saturated heterocycles. The van der Waals surface area contributed by atoms with E-state index in [1.165, 1.54) is 18.9 Å². The first kappa shape index (κ1) is 15.1. The van der Waals surface area contributed by atoms with Gasteiger partial charge in [0.15, 0.2) is 5.16 Å². The number of fused-ring (bicyclic) bond motifs is 1. The van der Waals surface area contributed by atoms with Crippen molar-refractivity contribution in [1.29, 1.82) is 0 Å². The molecule has 1 fully saturated rings. The number of rotatable bonds is 4. The second kappa shape index (κ2) is 6.93. The van der Waals surface area contributed by atoms with Crippen LogP contribution in [-0.2, 0) is 14.3 Å². The standard InChI is InChI=1S/C15H17N3O3S/c1-20-13(19)10-22-15-16-12-5-3-2-4-11(12)14(17-15)18-6-8-21-9-7-18/h2-5H,6-10H2,1H3. The van der Waals surface area contributed by atoms with Crippen LogP contribution < -0.4 is 4.90 Å². The minimum atomic E-state index is -0.283. The zero-order valence-corrected chi connectivity index (χ0v) is 13.1. The van der Waals surface area contributed by atoms with E-state index in [0.717, 1.165) is 29.8 Å². The minimum Gasteiger partial charge on any atom is -0.468 e. The Labute approximate surface area is 132 Å². The molecule has 7 heteroatoms. The summed E-state index contributed by atoms with van der Waals surface area (Å²) in [4.78, 5) is 22.7. The largest absolute Gasteiger partial charge is 0.468 e. The van der Waals surface area contributed by atoms with Crippen molar-refractivity contribution in [2.45, 2.75) is 5.16 Å². The molecule has 2 aromatic rings. The summed E-state index contributed by atoms with van der Waals surface area (Å²) in [7, 11) is 1.38. The molecule has 22 heavy (non-hydrogen) atoms. The molecule has 0 atom stereocenters. The Morgan fingerprint density at radius 3 is 2.86 bits per heavy atom. The van der Waals surface area contributed by atoms with E-state index in [1.807, 2.05) is 24.3 Å². The highest BCUT2D eigenvalue weighted by Gasteiger charge is 2.17. The number of hydrogen-bond donors (Lipinski definition) is 0. The van der Waals surface area contributed by atoms with E-state index in [-0.39, 0.29) is 11.7 Å². The molecule has 116 valence electrons. The fraction of sp³-hybridized carbons (Fsp3) is 0.400. The number of thioether (sulfide) groups is 1. The summed E-state index contributed by atoms with van der Waals surface area (Å²) in [6.45, 7) is 3.01. The first-order valence-electron chi connectivity index (χ1n) is 7.07. The monoisotopic (exact) mass is 319 g/mol. The van der Waals surface area contributed by atoms with Gasteiger partial charge in [-0.05, 0) is 12.1 Å². The smallest absolute Gasteiger partial charge is 0.316 e. The Morgan fingerprint density at radius 1 is 1.32 bits per heavy atom. The number of methoxy groups -OCH3 is 1. The molecule has 0 N–H and O–H groups in total. The Bertz CT molecular complexity index is 674. The Balaban J connectivity index is 1.94. The highest BCUT2D eigenvalue weighted by Crippen LogP contribution is 2.27. The number of anilines is 1. The van der Waals surface area contributed by atoms with Crippen molar-refractivity contribution in [2.24, 2.45) is 0 Å². The van der Waals surface area contributed by atoms with E-state index >= 15 is 0 Å². The lowest BCUT2D eigenvalue weighted by molar-refractivity contribution is -0.137. The van der Waals surface area contributed by atoms with Gasteiger partial charge in [0.1, 0.15) is 5.82 Å². The van der Waals surface area contributed by atoms with Crippen molar-refractivity contribution in [3.05, 3.63) is 24.3 Å². The number of carbonyl (C=O) groups excluding carboxylic acids is 1. The number of ether oxygens (including phenoxy) is 2. The normalized spacial score (nSPS) is 15.0. The number of carbonyl (C=O) groups is 1. The van der Waals surface area contributed by atoms with Gasteiger partial charge in [0.25, 0.3) is 0 Å². The van der Waals surface area contributed by atoms with Crippen molar-refractivity contribution in [3.63, 3.8) is 0 Å². The van der Waals surface area contributed by atoms with Crippen LogP contribution in [0.4, 0.5) is 5.82 Å². The third-order valence-electron chi connectivity index (χ3n) is 3.42. The lowest BCUT2D eigenvalue weighted by Crippen LogP contribution is -2.37. The van der Waals surface area contributed by atoms with Gasteiger partial charge in [0, 0.05) is 18.5 Å². The lowest BCUT2D eigenvalue weighted by Gasteiger charge is -2.28. The van der Waals surface area contributed by atoms with Crippen LogP contribution in [0.25, 0.3) is 10.9 Å². The van der Waals surface area contributed by atoms with Gasteiger partial charge in [-0.2, -0.15) is 0 Å². The summed E-state index contributed by atoms with van der Waals surface area (Å²) in [5.41, 5.74) is 0.881. The number of para-hydroxylation sites is 1. The predicted molar refractivity (Wildman–Crippen MR) is 85.3 cm³/mol. The summed E-state index contributed by atoms with van der Waals surface area (Å²) < 4.78 is 10.1. The second-order valence-electron chi connectivity index (χ2n) is 4.81. The molecule has 1 aromatic carbocycles. The van der Waals surface area contributed by atoms with Gasteiger partial charge in [0.05, 0.1) is 31.6 Å². The highest BCUT2D eigenvalue weighted by atomic mass is 32.2. The van der Waals surface area contributed by atoms with Gasteiger partial charge in [-0.3, -0.25) is 4.79 Å².